The van der Waals surface area contributed by atoms with Gasteiger partial charge in [0.1, 0.15) is 36.9 Å². The van der Waals surface area contributed by atoms with E-state index in [1.807, 2.05) is 0 Å². The zero-order valence-corrected chi connectivity index (χ0v) is 22.3. The fraction of sp³-hybridized carbons (Fsp3) is 0.429. The van der Waals surface area contributed by atoms with Gasteiger partial charge in [0.05, 0.1) is 31.1 Å². The van der Waals surface area contributed by atoms with E-state index in [-0.39, 0.29) is 17.6 Å². The molecule has 0 saturated carbocycles. The lowest BCUT2D eigenvalue weighted by molar-refractivity contribution is 0.260. The van der Waals surface area contributed by atoms with Crippen LogP contribution < -0.4 is 9.47 Å². The van der Waals surface area contributed by atoms with E-state index in [4.69, 9.17) is 18.9 Å². The van der Waals surface area contributed by atoms with Gasteiger partial charge < -0.3 is 18.9 Å². The van der Waals surface area contributed by atoms with Gasteiger partial charge in [0, 0.05) is 5.41 Å². The van der Waals surface area contributed by atoms with Gasteiger partial charge >= 0.3 is 0 Å². The van der Waals surface area contributed by atoms with Gasteiger partial charge in [0.25, 0.3) is 0 Å². The normalized spacial score (nSPS) is 20.5. The Hall–Kier alpha value is -0.120. The fourth-order valence-electron chi connectivity index (χ4n) is 2.97. The largest absolute Gasteiger partial charge is 0.488 e. The maximum absolute atomic E-state index is 5.91. The molecule has 0 aliphatic carbocycles. The highest BCUT2D eigenvalue weighted by Gasteiger charge is 2.29. The van der Waals surface area contributed by atoms with Gasteiger partial charge in [-0.15, -0.1) is 0 Å². The SMILES string of the molecule is CC(C)(c1cc(Br)c(OC[C@@H]2CO2)c(Br)c1)c1cc(Br)c(OC[C@H]2CO2)c(Br)c1. The van der Waals surface area contributed by atoms with Crippen molar-refractivity contribution in [3.8, 4) is 11.5 Å². The molecule has 0 N–H and O–H groups in total. The number of benzene rings is 2. The van der Waals surface area contributed by atoms with Gasteiger partial charge in [-0.2, -0.15) is 0 Å². The van der Waals surface area contributed by atoms with Crippen LogP contribution in [0.25, 0.3) is 0 Å². The van der Waals surface area contributed by atoms with Gasteiger partial charge in [0.2, 0.25) is 0 Å². The maximum Gasteiger partial charge on any atom is 0.147 e. The summed E-state index contributed by atoms with van der Waals surface area (Å²) in [6.07, 6.45) is 0.429. The van der Waals surface area contributed by atoms with Crippen molar-refractivity contribution in [3.63, 3.8) is 0 Å². The fourth-order valence-corrected chi connectivity index (χ4v) is 5.80. The van der Waals surface area contributed by atoms with Gasteiger partial charge in [0.15, 0.2) is 0 Å². The standard InChI is InChI=1S/C21H20Br4O4/c1-21(2,11-3-15(22)19(16(23)4-11)28-9-13-7-26-13)12-5-17(24)20(18(25)6-12)29-10-14-8-27-14/h3-6,13-14H,7-10H2,1-2H3/t13-,14+. The van der Waals surface area contributed by atoms with Crippen LogP contribution in [-0.4, -0.2) is 38.6 Å². The molecule has 2 aliphatic rings. The average Bonchev–Trinajstić information content (AvgIpc) is 3.54. The Balaban J connectivity index is 1.59. The third kappa shape index (κ3) is 5.21. The van der Waals surface area contributed by atoms with Crippen LogP contribution in [0.15, 0.2) is 42.2 Å². The Morgan fingerprint density at radius 1 is 0.759 bits per heavy atom. The lowest BCUT2D eigenvalue weighted by Gasteiger charge is -2.28. The highest BCUT2D eigenvalue weighted by Crippen LogP contribution is 2.44. The second-order valence-electron chi connectivity index (χ2n) is 7.70. The first-order valence-corrected chi connectivity index (χ1v) is 12.4. The molecule has 29 heavy (non-hydrogen) atoms. The van der Waals surface area contributed by atoms with Crippen molar-refractivity contribution in [1.29, 1.82) is 0 Å². The maximum atomic E-state index is 5.91. The molecule has 2 atom stereocenters. The molecule has 2 aromatic carbocycles. The first kappa shape index (κ1) is 22.1. The second kappa shape index (κ2) is 8.79. The summed E-state index contributed by atoms with van der Waals surface area (Å²) in [5.74, 6) is 1.60. The third-order valence-electron chi connectivity index (χ3n) is 5.07. The molecule has 0 unspecified atom stereocenters. The van der Waals surface area contributed by atoms with Crippen LogP contribution in [0.4, 0.5) is 0 Å². The summed E-state index contributed by atoms with van der Waals surface area (Å²) in [6.45, 7) is 7.08. The molecular formula is C21H20Br4O4. The quantitative estimate of drug-likeness (QED) is 0.300. The molecule has 156 valence electrons. The van der Waals surface area contributed by atoms with Crippen LogP contribution in [-0.2, 0) is 14.9 Å². The Bertz CT molecular complexity index is 803. The van der Waals surface area contributed by atoms with E-state index < -0.39 is 0 Å². The molecule has 2 fully saturated rings. The van der Waals surface area contributed by atoms with Crippen LogP contribution in [0.1, 0.15) is 25.0 Å². The van der Waals surface area contributed by atoms with Crippen molar-refractivity contribution in [3.05, 3.63) is 53.3 Å². The molecule has 2 aliphatic heterocycles. The molecule has 2 saturated heterocycles. The molecule has 2 aromatic rings. The van der Waals surface area contributed by atoms with E-state index in [1.165, 1.54) is 0 Å². The minimum absolute atomic E-state index is 0.215. The number of rotatable bonds is 8. The van der Waals surface area contributed by atoms with Gasteiger partial charge in [-0.3, -0.25) is 0 Å². The van der Waals surface area contributed by atoms with Gasteiger partial charge in [-0.1, -0.05) is 13.8 Å². The number of hydrogen-bond acceptors (Lipinski definition) is 4. The van der Waals surface area contributed by atoms with Crippen molar-refractivity contribution >= 4 is 63.7 Å². The Morgan fingerprint density at radius 2 is 1.07 bits per heavy atom. The van der Waals surface area contributed by atoms with Gasteiger partial charge in [-0.25, -0.2) is 0 Å². The lowest BCUT2D eigenvalue weighted by atomic mass is 9.78. The second-order valence-corrected chi connectivity index (χ2v) is 11.1. The Kier molecular flexibility index (Phi) is 6.69. The summed E-state index contributed by atoms with van der Waals surface area (Å²) in [5, 5.41) is 0. The predicted octanol–water partition coefficient (Wildman–Crippen LogP) is 6.62. The van der Waals surface area contributed by atoms with Gasteiger partial charge in [-0.05, 0) is 99.1 Å². The van der Waals surface area contributed by atoms with E-state index >= 15 is 0 Å². The topological polar surface area (TPSA) is 43.5 Å². The minimum atomic E-state index is -0.244. The van der Waals surface area contributed by atoms with E-state index in [2.05, 4.69) is 102 Å². The van der Waals surface area contributed by atoms with E-state index in [9.17, 15) is 0 Å². The van der Waals surface area contributed by atoms with E-state index in [0.717, 1.165) is 53.7 Å². The number of ether oxygens (including phenoxy) is 4. The molecule has 4 rings (SSSR count). The molecule has 0 bridgehead atoms. The van der Waals surface area contributed by atoms with Crippen LogP contribution in [0.2, 0.25) is 0 Å². The van der Waals surface area contributed by atoms with Crippen molar-refractivity contribution in [1.82, 2.24) is 0 Å². The monoisotopic (exact) mass is 652 g/mol. The van der Waals surface area contributed by atoms with E-state index in [0.29, 0.717) is 13.2 Å². The van der Waals surface area contributed by atoms with Crippen LogP contribution in [0.5, 0.6) is 11.5 Å². The predicted molar refractivity (Wildman–Crippen MR) is 126 cm³/mol. The van der Waals surface area contributed by atoms with Crippen molar-refractivity contribution in [2.24, 2.45) is 0 Å². The number of hydrogen-bond donors (Lipinski definition) is 0. The summed E-state index contributed by atoms with van der Waals surface area (Å²) in [4.78, 5) is 0. The molecule has 0 amide bonds. The van der Waals surface area contributed by atoms with E-state index in [1.54, 1.807) is 0 Å². The van der Waals surface area contributed by atoms with Crippen molar-refractivity contribution in [2.45, 2.75) is 31.5 Å². The molecule has 0 radical (unpaired) electrons. The zero-order chi connectivity index (χ0) is 20.8. The number of halogens is 4. The van der Waals surface area contributed by atoms with Crippen molar-refractivity contribution in [2.75, 3.05) is 26.4 Å². The average molecular weight is 656 g/mol. The molecule has 8 heteroatoms. The van der Waals surface area contributed by atoms with Crippen LogP contribution in [0.3, 0.4) is 0 Å². The summed E-state index contributed by atoms with van der Waals surface area (Å²) in [7, 11) is 0. The summed E-state index contributed by atoms with van der Waals surface area (Å²) in [5.41, 5.74) is 2.07. The van der Waals surface area contributed by atoms with Crippen LogP contribution in [0, 0.1) is 0 Å². The Labute approximate surface area is 204 Å². The van der Waals surface area contributed by atoms with Crippen molar-refractivity contribution < 1.29 is 18.9 Å². The summed E-state index contributed by atoms with van der Waals surface area (Å²) < 4.78 is 25.9. The molecule has 0 spiro atoms. The first-order valence-electron chi connectivity index (χ1n) is 9.23. The summed E-state index contributed by atoms with van der Waals surface area (Å²) in [6, 6.07) is 8.46. The molecular weight excluding hydrogens is 636 g/mol. The van der Waals surface area contributed by atoms with Crippen LogP contribution >= 0.6 is 63.7 Å². The highest BCUT2D eigenvalue weighted by atomic mass is 79.9. The molecule has 0 aromatic heterocycles. The lowest BCUT2D eigenvalue weighted by Crippen LogP contribution is -2.19. The first-order chi connectivity index (χ1) is 13.8. The third-order valence-corrected chi connectivity index (χ3v) is 7.43. The number of epoxide rings is 2. The Morgan fingerprint density at radius 3 is 1.34 bits per heavy atom. The zero-order valence-electron chi connectivity index (χ0n) is 15.9. The highest BCUT2D eigenvalue weighted by molar-refractivity contribution is 9.11. The molecule has 4 nitrogen and oxygen atoms in total. The summed E-state index contributed by atoms with van der Waals surface area (Å²) >= 11 is 14.7. The smallest absolute Gasteiger partial charge is 0.147 e. The minimum Gasteiger partial charge on any atom is -0.488 e. The molecule has 2 heterocycles.